The Labute approximate surface area is 200 Å². The molecule has 0 aromatic heterocycles. The van der Waals surface area contributed by atoms with Crippen LogP contribution in [0.4, 0.5) is 5.69 Å². The molecule has 0 radical (unpaired) electrons. The first kappa shape index (κ1) is 27.0. The average molecular weight is 532 g/mol. The Hall–Kier alpha value is -1.06. The summed E-state index contributed by atoms with van der Waals surface area (Å²) in [6.45, 7) is 13.7. The van der Waals surface area contributed by atoms with Crippen LogP contribution >= 0.6 is 24.0 Å². The molecule has 0 bridgehead atoms. The largest absolute Gasteiger partial charge is 0.396 e. The normalized spacial score (nSPS) is 17.2. The van der Waals surface area contributed by atoms with Crippen LogP contribution in [0.2, 0.25) is 0 Å². The molecule has 0 amide bonds. The highest BCUT2D eigenvalue weighted by Gasteiger charge is 2.21. The van der Waals surface area contributed by atoms with Crippen LogP contribution in [0.15, 0.2) is 35.3 Å². The van der Waals surface area contributed by atoms with Crippen LogP contribution in [0.5, 0.6) is 0 Å². The number of nitrogens with zero attached hydrogens (tertiary/aromatic N) is 3. The molecule has 0 spiro atoms. The zero-order valence-electron chi connectivity index (χ0n) is 19.0. The Morgan fingerprint density at radius 1 is 1.07 bits per heavy atom. The third-order valence-corrected chi connectivity index (χ3v) is 5.71. The van der Waals surface area contributed by atoms with Gasteiger partial charge in [-0.05, 0) is 44.7 Å². The van der Waals surface area contributed by atoms with Gasteiger partial charge in [-0.3, -0.25) is 9.89 Å². The molecule has 7 heteroatoms. The lowest BCUT2D eigenvalue weighted by Crippen LogP contribution is -2.53. The number of rotatable bonds is 11. The number of benzene rings is 1. The van der Waals surface area contributed by atoms with Crippen molar-refractivity contribution in [1.29, 1.82) is 0 Å². The van der Waals surface area contributed by atoms with Gasteiger partial charge in [0.25, 0.3) is 0 Å². The highest BCUT2D eigenvalue weighted by molar-refractivity contribution is 14.0. The minimum atomic E-state index is 0. The summed E-state index contributed by atoms with van der Waals surface area (Å²) in [7, 11) is 0. The SMILES string of the molecule is CCCC(CCO)CN=C(NCC)NCC(C)N1CCN(c2ccccc2)CC1.I. The van der Waals surface area contributed by atoms with E-state index in [-0.39, 0.29) is 30.6 Å². The number of hydrogen-bond acceptors (Lipinski definition) is 4. The highest BCUT2D eigenvalue weighted by atomic mass is 127. The maximum Gasteiger partial charge on any atom is 0.191 e. The Morgan fingerprint density at radius 3 is 2.37 bits per heavy atom. The van der Waals surface area contributed by atoms with E-state index in [1.807, 2.05) is 0 Å². The molecule has 1 saturated heterocycles. The Kier molecular flexibility index (Phi) is 14.1. The van der Waals surface area contributed by atoms with Crippen molar-refractivity contribution in [3.05, 3.63) is 30.3 Å². The van der Waals surface area contributed by atoms with Crippen molar-refractivity contribution >= 4 is 35.6 Å². The molecule has 1 aliphatic heterocycles. The van der Waals surface area contributed by atoms with Crippen molar-refractivity contribution < 1.29 is 5.11 Å². The Morgan fingerprint density at radius 2 is 1.77 bits per heavy atom. The van der Waals surface area contributed by atoms with E-state index in [1.165, 1.54) is 5.69 Å². The van der Waals surface area contributed by atoms with E-state index in [4.69, 9.17) is 4.99 Å². The fraction of sp³-hybridized carbons (Fsp3) is 0.696. The number of aliphatic imine (C=N–C) groups is 1. The zero-order valence-corrected chi connectivity index (χ0v) is 21.3. The molecule has 3 N–H and O–H groups in total. The van der Waals surface area contributed by atoms with Gasteiger partial charge in [-0.25, -0.2) is 0 Å². The van der Waals surface area contributed by atoms with E-state index in [0.29, 0.717) is 12.0 Å². The maximum absolute atomic E-state index is 9.26. The van der Waals surface area contributed by atoms with Crippen LogP contribution < -0.4 is 15.5 Å². The van der Waals surface area contributed by atoms with Crippen LogP contribution in [-0.2, 0) is 0 Å². The zero-order chi connectivity index (χ0) is 20.9. The van der Waals surface area contributed by atoms with Crippen molar-refractivity contribution in [2.75, 3.05) is 57.3 Å². The smallest absolute Gasteiger partial charge is 0.191 e. The van der Waals surface area contributed by atoms with E-state index in [2.05, 4.69) is 71.5 Å². The van der Waals surface area contributed by atoms with Crippen LogP contribution in [0.3, 0.4) is 0 Å². The minimum Gasteiger partial charge on any atom is -0.396 e. The average Bonchev–Trinajstić information content (AvgIpc) is 2.76. The molecule has 1 heterocycles. The second-order valence-electron chi connectivity index (χ2n) is 7.98. The van der Waals surface area contributed by atoms with E-state index < -0.39 is 0 Å². The summed E-state index contributed by atoms with van der Waals surface area (Å²) in [6.07, 6.45) is 3.08. The summed E-state index contributed by atoms with van der Waals surface area (Å²) < 4.78 is 0. The van der Waals surface area contributed by atoms with E-state index >= 15 is 0 Å². The molecule has 2 rings (SSSR count). The molecule has 1 aromatic rings. The minimum absolute atomic E-state index is 0. The Bertz CT molecular complexity index is 572. The van der Waals surface area contributed by atoms with Crippen molar-refractivity contribution in [2.45, 2.75) is 46.1 Å². The molecule has 1 aromatic carbocycles. The van der Waals surface area contributed by atoms with Crippen LogP contribution in [0, 0.1) is 5.92 Å². The lowest BCUT2D eigenvalue weighted by Gasteiger charge is -2.39. The number of aliphatic hydroxyl groups excluding tert-OH is 1. The van der Waals surface area contributed by atoms with Gasteiger partial charge in [0.05, 0.1) is 0 Å². The predicted octanol–water partition coefficient (Wildman–Crippen LogP) is 3.17. The number of aliphatic hydroxyl groups is 1. The maximum atomic E-state index is 9.26. The van der Waals surface area contributed by atoms with Gasteiger partial charge in [-0.1, -0.05) is 31.5 Å². The van der Waals surface area contributed by atoms with E-state index in [0.717, 1.165) is 71.0 Å². The molecule has 6 nitrogen and oxygen atoms in total. The van der Waals surface area contributed by atoms with Gasteiger partial charge >= 0.3 is 0 Å². The molecular weight excluding hydrogens is 489 g/mol. The number of anilines is 1. The van der Waals surface area contributed by atoms with E-state index in [1.54, 1.807) is 0 Å². The van der Waals surface area contributed by atoms with Crippen LogP contribution in [0.25, 0.3) is 0 Å². The van der Waals surface area contributed by atoms with Gasteiger partial charge in [0.1, 0.15) is 0 Å². The summed E-state index contributed by atoms with van der Waals surface area (Å²) in [5.41, 5.74) is 1.32. The van der Waals surface area contributed by atoms with Crippen molar-refractivity contribution in [3.8, 4) is 0 Å². The first-order chi connectivity index (χ1) is 14.2. The van der Waals surface area contributed by atoms with Gasteiger partial charge < -0.3 is 20.6 Å². The highest BCUT2D eigenvalue weighted by Crippen LogP contribution is 2.16. The van der Waals surface area contributed by atoms with Crippen molar-refractivity contribution in [3.63, 3.8) is 0 Å². The molecule has 1 fully saturated rings. The van der Waals surface area contributed by atoms with Gasteiger partial charge in [0.2, 0.25) is 0 Å². The summed E-state index contributed by atoms with van der Waals surface area (Å²) >= 11 is 0. The molecule has 0 aliphatic carbocycles. The third-order valence-electron chi connectivity index (χ3n) is 5.71. The van der Waals surface area contributed by atoms with Crippen LogP contribution in [0.1, 0.15) is 40.0 Å². The summed E-state index contributed by atoms with van der Waals surface area (Å²) in [6, 6.07) is 11.2. The fourth-order valence-electron chi connectivity index (χ4n) is 3.91. The first-order valence-electron chi connectivity index (χ1n) is 11.3. The van der Waals surface area contributed by atoms with Gasteiger partial charge in [0.15, 0.2) is 5.96 Å². The number of nitrogens with one attached hydrogen (secondary N) is 2. The summed E-state index contributed by atoms with van der Waals surface area (Å²) in [5.74, 6) is 1.35. The number of hydrogen-bond donors (Lipinski definition) is 3. The van der Waals surface area contributed by atoms with E-state index in [9.17, 15) is 5.11 Å². The number of piperazine rings is 1. The first-order valence-corrected chi connectivity index (χ1v) is 11.3. The quantitative estimate of drug-likeness (QED) is 0.233. The number of para-hydroxylation sites is 1. The lowest BCUT2D eigenvalue weighted by molar-refractivity contribution is 0.197. The fourth-order valence-corrected chi connectivity index (χ4v) is 3.91. The molecule has 2 atom stereocenters. The van der Waals surface area contributed by atoms with Gasteiger partial charge in [0, 0.05) is 64.1 Å². The molecule has 2 unspecified atom stereocenters. The molecule has 30 heavy (non-hydrogen) atoms. The molecule has 0 saturated carbocycles. The molecule has 1 aliphatic rings. The monoisotopic (exact) mass is 531 g/mol. The second-order valence-corrected chi connectivity index (χ2v) is 7.98. The second kappa shape index (κ2) is 15.7. The molecule has 172 valence electrons. The van der Waals surface area contributed by atoms with Gasteiger partial charge in [-0.2, -0.15) is 0 Å². The number of halogens is 1. The number of guanidine groups is 1. The standard InChI is InChI=1S/C23H41N5O.HI/c1-4-9-21(12-17-29)19-26-23(24-5-2)25-18-20(3)27-13-15-28(16-14-27)22-10-7-6-8-11-22;/h6-8,10-11,20-21,29H,4-5,9,12-19H2,1-3H3,(H2,24,25,26);1H. The van der Waals surface area contributed by atoms with Gasteiger partial charge in [-0.15, -0.1) is 24.0 Å². The predicted molar refractivity (Wildman–Crippen MR) is 139 cm³/mol. The lowest BCUT2D eigenvalue weighted by atomic mass is 10.0. The summed E-state index contributed by atoms with van der Waals surface area (Å²) in [4.78, 5) is 9.80. The molecular formula is C23H42IN5O. The van der Waals surface area contributed by atoms with Crippen molar-refractivity contribution in [2.24, 2.45) is 10.9 Å². The Balaban J connectivity index is 0.00000450. The summed E-state index contributed by atoms with van der Waals surface area (Å²) in [5, 5.41) is 16.1. The van der Waals surface area contributed by atoms with Crippen molar-refractivity contribution in [1.82, 2.24) is 15.5 Å². The van der Waals surface area contributed by atoms with Crippen LogP contribution in [-0.4, -0.2) is 74.4 Å². The third kappa shape index (κ3) is 9.39. The topological polar surface area (TPSA) is 63.1 Å².